The third kappa shape index (κ3) is 10.3. The van der Waals surface area contributed by atoms with E-state index in [1.165, 1.54) is 0 Å². The van der Waals surface area contributed by atoms with E-state index in [1.54, 1.807) is 48.5 Å². The number of carboxylic acids is 1. The van der Waals surface area contributed by atoms with Crippen LogP contribution in [0.2, 0.25) is 0 Å². The maximum Gasteiger partial charge on any atom is 0.326 e. The molecule has 0 aliphatic rings. The van der Waals surface area contributed by atoms with Gasteiger partial charge in [-0.3, -0.25) is 14.4 Å². The molecule has 0 heterocycles. The molecular weight excluding hydrogens is 490 g/mol. The summed E-state index contributed by atoms with van der Waals surface area (Å²) in [4.78, 5) is 50.8. The van der Waals surface area contributed by atoms with E-state index in [0.29, 0.717) is 19.4 Å². The van der Waals surface area contributed by atoms with Crippen molar-refractivity contribution in [3.63, 3.8) is 0 Å². The van der Waals surface area contributed by atoms with E-state index in [9.17, 15) is 29.4 Å². The molecule has 0 saturated carbocycles. The van der Waals surface area contributed by atoms with Crippen LogP contribution in [0, 0.1) is 0 Å². The first-order chi connectivity index (χ1) is 18.2. The molecule has 0 bridgehead atoms. The van der Waals surface area contributed by atoms with Crippen molar-refractivity contribution in [1.29, 1.82) is 0 Å². The van der Waals surface area contributed by atoms with Crippen LogP contribution in [-0.4, -0.2) is 71.2 Å². The molecule has 11 nitrogen and oxygen atoms in total. The van der Waals surface area contributed by atoms with Crippen LogP contribution in [0.3, 0.4) is 0 Å². The Labute approximate surface area is 222 Å². The van der Waals surface area contributed by atoms with E-state index >= 15 is 0 Å². The molecule has 38 heavy (non-hydrogen) atoms. The van der Waals surface area contributed by atoms with Crippen LogP contribution in [0.5, 0.6) is 0 Å². The second-order valence-electron chi connectivity index (χ2n) is 8.97. The third-order valence-corrected chi connectivity index (χ3v) is 5.93. The fraction of sp³-hybridized carbons (Fsp3) is 0.407. The first-order valence-electron chi connectivity index (χ1n) is 12.5. The van der Waals surface area contributed by atoms with Crippen LogP contribution >= 0.6 is 0 Å². The molecule has 0 fully saturated rings. The zero-order chi connectivity index (χ0) is 27.9. The molecule has 0 aliphatic carbocycles. The normalized spacial score (nSPS) is 14.0. The molecule has 0 aromatic heterocycles. The lowest BCUT2D eigenvalue weighted by molar-refractivity contribution is -0.142. The van der Waals surface area contributed by atoms with Gasteiger partial charge in [0.25, 0.3) is 0 Å². The number of aliphatic carboxylic acids is 1. The van der Waals surface area contributed by atoms with Crippen LogP contribution in [0.25, 0.3) is 0 Å². The van der Waals surface area contributed by atoms with Gasteiger partial charge in [0.05, 0.1) is 6.61 Å². The summed E-state index contributed by atoms with van der Waals surface area (Å²) in [6, 6.07) is 13.3. The Bertz CT molecular complexity index is 1040. The summed E-state index contributed by atoms with van der Waals surface area (Å²) in [5, 5.41) is 26.6. The topological polar surface area (TPSA) is 197 Å². The summed E-state index contributed by atoms with van der Waals surface area (Å²) in [5.74, 6) is -3.23. The van der Waals surface area contributed by atoms with Gasteiger partial charge in [-0.1, -0.05) is 60.7 Å². The number of aliphatic hydroxyl groups excluding tert-OH is 1. The minimum absolute atomic E-state index is 0.0930. The Morgan fingerprint density at radius 2 is 1.16 bits per heavy atom. The SMILES string of the molecule is NCCCCC(NC(=O)C(Cc1ccccc1)NC(=O)C(Cc1ccccc1)NC(=O)C(N)CO)C(=O)O. The molecule has 0 radical (unpaired) electrons. The van der Waals surface area contributed by atoms with E-state index < -0.39 is 54.5 Å². The number of aliphatic hydroxyl groups is 1. The van der Waals surface area contributed by atoms with Crippen molar-refractivity contribution in [3.05, 3.63) is 71.8 Å². The zero-order valence-corrected chi connectivity index (χ0v) is 21.2. The number of nitrogens with one attached hydrogen (secondary N) is 3. The maximum atomic E-state index is 13.4. The average Bonchev–Trinajstić information content (AvgIpc) is 2.92. The molecule has 2 aromatic carbocycles. The Morgan fingerprint density at radius 1 is 0.711 bits per heavy atom. The highest BCUT2D eigenvalue weighted by molar-refractivity contribution is 5.94. The van der Waals surface area contributed by atoms with Gasteiger partial charge < -0.3 is 37.6 Å². The summed E-state index contributed by atoms with van der Waals surface area (Å²) in [6.45, 7) is -0.202. The first kappa shape index (κ1) is 30.4. The number of rotatable bonds is 16. The summed E-state index contributed by atoms with van der Waals surface area (Å²) < 4.78 is 0. The number of carbonyl (C=O) groups is 4. The van der Waals surface area contributed by atoms with Gasteiger partial charge in [-0.25, -0.2) is 4.79 Å². The second-order valence-corrected chi connectivity index (χ2v) is 8.97. The zero-order valence-electron chi connectivity index (χ0n) is 21.2. The molecule has 0 aliphatic heterocycles. The monoisotopic (exact) mass is 527 g/mol. The fourth-order valence-electron chi connectivity index (χ4n) is 3.77. The molecule has 0 saturated heterocycles. The van der Waals surface area contributed by atoms with Crippen molar-refractivity contribution in [2.75, 3.05) is 13.2 Å². The highest BCUT2D eigenvalue weighted by Crippen LogP contribution is 2.09. The van der Waals surface area contributed by atoms with Gasteiger partial charge in [0.1, 0.15) is 24.2 Å². The first-order valence-corrected chi connectivity index (χ1v) is 12.5. The quantitative estimate of drug-likeness (QED) is 0.141. The Balaban J connectivity index is 2.26. The number of unbranched alkanes of at least 4 members (excludes halogenated alkanes) is 1. The molecular formula is C27H37N5O6. The van der Waals surface area contributed by atoms with E-state index in [1.807, 2.05) is 12.1 Å². The van der Waals surface area contributed by atoms with E-state index in [0.717, 1.165) is 11.1 Å². The van der Waals surface area contributed by atoms with Crippen molar-refractivity contribution in [1.82, 2.24) is 16.0 Å². The number of benzene rings is 2. The second kappa shape index (κ2) is 16.1. The van der Waals surface area contributed by atoms with Gasteiger partial charge >= 0.3 is 5.97 Å². The molecule has 206 valence electrons. The lowest BCUT2D eigenvalue weighted by atomic mass is 10.0. The van der Waals surface area contributed by atoms with Crippen LogP contribution in [0.15, 0.2) is 60.7 Å². The highest BCUT2D eigenvalue weighted by Gasteiger charge is 2.30. The smallest absolute Gasteiger partial charge is 0.326 e. The fourth-order valence-corrected chi connectivity index (χ4v) is 3.77. The number of carbonyl (C=O) groups excluding carboxylic acids is 3. The summed E-state index contributed by atoms with van der Waals surface area (Å²) in [7, 11) is 0. The molecule has 0 spiro atoms. The molecule has 4 atom stereocenters. The lowest BCUT2D eigenvalue weighted by Gasteiger charge is -2.25. The Kier molecular flexibility index (Phi) is 12.9. The number of amides is 3. The van der Waals surface area contributed by atoms with Gasteiger partial charge in [-0.05, 0) is 36.9 Å². The summed E-state index contributed by atoms with van der Waals surface area (Å²) in [5.41, 5.74) is 12.6. The van der Waals surface area contributed by atoms with Crippen LogP contribution in [0.4, 0.5) is 0 Å². The minimum Gasteiger partial charge on any atom is -0.480 e. The van der Waals surface area contributed by atoms with Crippen LogP contribution in [0.1, 0.15) is 30.4 Å². The third-order valence-electron chi connectivity index (χ3n) is 5.93. The Hall–Kier alpha value is -3.80. The van der Waals surface area contributed by atoms with E-state index in [4.69, 9.17) is 11.5 Å². The molecule has 4 unspecified atom stereocenters. The van der Waals surface area contributed by atoms with Gasteiger partial charge in [-0.15, -0.1) is 0 Å². The van der Waals surface area contributed by atoms with Gasteiger partial charge in [0, 0.05) is 12.8 Å². The van der Waals surface area contributed by atoms with Crippen molar-refractivity contribution in [2.24, 2.45) is 11.5 Å². The van der Waals surface area contributed by atoms with Gasteiger partial charge in [0.2, 0.25) is 17.7 Å². The van der Waals surface area contributed by atoms with E-state index in [2.05, 4.69) is 16.0 Å². The molecule has 2 rings (SSSR count). The Morgan fingerprint density at radius 3 is 1.58 bits per heavy atom. The average molecular weight is 528 g/mol. The van der Waals surface area contributed by atoms with Crippen molar-refractivity contribution < 1.29 is 29.4 Å². The molecule has 3 amide bonds. The standard InChI is InChI=1S/C27H37N5O6/c28-14-8-7-13-21(27(37)38)30-25(35)23(16-19-11-5-2-6-12-19)32-26(36)22(31-24(34)20(29)17-33)15-18-9-3-1-4-10-18/h1-6,9-12,20-23,33H,7-8,13-17,28-29H2,(H,30,35)(H,31,34)(H,32,36)(H,37,38). The molecule has 2 aromatic rings. The van der Waals surface area contributed by atoms with Crippen LogP contribution < -0.4 is 27.4 Å². The molecule has 9 N–H and O–H groups in total. The minimum atomic E-state index is -1.23. The van der Waals surface area contributed by atoms with Gasteiger partial charge in [0.15, 0.2) is 0 Å². The summed E-state index contributed by atoms with van der Waals surface area (Å²) >= 11 is 0. The predicted octanol–water partition coefficient (Wildman–Crippen LogP) is -0.541. The summed E-state index contributed by atoms with van der Waals surface area (Å²) in [6.07, 6.45) is 1.51. The van der Waals surface area contributed by atoms with Crippen molar-refractivity contribution in [3.8, 4) is 0 Å². The maximum absolute atomic E-state index is 13.4. The highest BCUT2D eigenvalue weighted by atomic mass is 16.4. The van der Waals surface area contributed by atoms with Gasteiger partial charge in [-0.2, -0.15) is 0 Å². The number of hydrogen-bond acceptors (Lipinski definition) is 7. The number of hydrogen-bond donors (Lipinski definition) is 7. The number of nitrogens with two attached hydrogens (primary N) is 2. The largest absolute Gasteiger partial charge is 0.480 e. The van der Waals surface area contributed by atoms with Crippen molar-refractivity contribution in [2.45, 2.75) is 56.3 Å². The van der Waals surface area contributed by atoms with Crippen LogP contribution in [-0.2, 0) is 32.0 Å². The van der Waals surface area contributed by atoms with E-state index in [-0.39, 0.29) is 19.3 Å². The molecule has 11 heteroatoms. The lowest BCUT2D eigenvalue weighted by Crippen LogP contribution is -2.58. The van der Waals surface area contributed by atoms with Crippen molar-refractivity contribution >= 4 is 23.7 Å². The number of carboxylic acid groups (broad SMARTS) is 1. The predicted molar refractivity (Wildman–Crippen MR) is 142 cm³/mol.